The number of nitrogens with zero attached hydrogens (tertiary/aromatic N) is 2. The van der Waals surface area contributed by atoms with Gasteiger partial charge < -0.3 is 34.5 Å². The zero-order chi connectivity index (χ0) is 25.7. The summed E-state index contributed by atoms with van der Waals surface area (Å²) in [7, 11) is 1.25. The third-order valence-electron chi connectivity index (χ3n) is 4.67. The van der Waals surface area contributed by atoms with Crippen LogP contribution in [0.3, 0.4) is 0 Å². The summed E-state index contributed by atoms with van der Waals surface area (Å²) in [6, 6.07) is 2.03. The third kappa shape index (κ3) is 5.74. The number of oxime groups is 1. The van der Waals surface area contributed by atoms with Crippen LogP contribution in [0.4, 0.5) is 4.79 Å². The first-order valence-corrected chi connectivity index (χ1v) is 11.1. The van der Waals surface area contributed by atoms with Crippen molar-refractivity contribution in [3.8, 4) is 0 Å². The van der Waals surface area contributed by atoms with E-state index < -0.39 is 47.6 Å². The number of primary amides is 1. The number of esters is 2. The minimum atomic E-state index is -1.24. The molecule has 0 aliphatic carbocycles. The molecule has 3 rings (SSSR count). The van der Waals surface area contributed by atoms with Crippen molar-refractivity contribution in [3.63, 3.8) is 0 Å². The van der Waals surface area contributed by atoms with Crippen molar-refractivity contribution in [2.45, 2.75) is 31.6 Å². The molecule has 0 radical (unpaired) electrons. The molecule has 0 saturated carbocycles. The monoisotopic (exact) mass is 510 g/mol. The number of ether oxygens (including phenoxy) is 3. The highest BCUT2D eigenvalue weighted by Crippen LogP contribution is 2.41. The number of thioether (sulfide) groups is 1. The number of β-lactam (4-membered cyclic amide) rings is 1. The lowest BCUT2D eigenvalue weighted by Crippen LogP contribution is -2.71. The van der Waals surface area contributed by atoms with Gasteiger partial charge in [-0.25, -0.2) is 9.59 Å². The van der Waals surface area contributed by atoms with E-state index in [4.69, 9.17) is 29.2 Å². The summed E-state index contributed by atoms with van der Waals surface area (Å²) in [5.41, 5.74) is 4.89. The topological polar surface area (TPSA) is 189 Å². The molecule has 1 unspecified atom stereocenters. The second-order valence-corrected chi connectivity index (χ2v) is 8.21. The number of carbonyl (C=O) groups excluding carboxylic acids is 5. The van der Waals surface area contributed by atoms with Crippen molar-refractivity contribution in [2.75, 3.05) is 19.5 Å². The molecule has 2 aliphatic heterocycles. The molecule has 188 valence electrons. The lowest BCUT2D eigenvalue weighted by Gasteiger charge is -2.49. The number of furan rings is 1. The van der Waals surface area contributed by atoms with Gasteiger partial charge in [-0.1, -0.05) is 5.16 Å². The van der Waals surface area contributed by atoms with Gasteiger partial charge in [0.2, 0.25) is 12.0 Å². The van der Waals surface area contributed by atoms with Crippen LogP contribution in [0.1, 0.15) is 19.6 Å². The molecule has 3 amide bonds. The van der Waals surface area contributed by atoms with Crippen molar-refractivity contribution < 1.29 is 47.4 Å². The Morgan fingerprint density at radius 2 is 2.09 bits per heavy atom. The Morgan fingerprint density at radius 3 is 2.69 bits per heavy atom. The van der Waals surface area contributed by atoms with Crippen LogP contribution in [0, 0.1) is 0 Å². The number of nitrogens with two attached hydrogens (primary N) is 1. The molecule has 1 aromatic heterocycles. The molecule has 35 heavy (non-hydrogen) atoms. The standard InChI is InChI=1S/C20H22N4O10S/c1-9(25)33-10(2)34-19(28)15-11(7-32-20(21)29)8-35-18-14(17(27)24(15)18)22-16(26)13(23-30-3)12-5-4-6-31-12/h4-6,10,14,18H,7-8H2,1-3H3,(H2,21,29)(H,22,26)/b23-13-/t10?,14-,18+/m1/s1. The summed E-state index contributed by atoms with van der Waals surface area (Å²) < 4.78 is 19.9. The molecule has 0 spiro atoms. The van der Waals surface area contributed by atoms with Gasteiger partial charge >= 0.3 is 18.0 Å². The summed E-state index contributed by atoms with van der Waals surface area (Å²) >= 11 is 1.21. The zero-order valence-electron chi connectivity index (χ0n) is 18.8. The van der Waals surface area contributed by atoms with E-state index in [0.717, 1.165) is 11.8 Å². The summed E-state index contributed by atoms with van der Waals surface area (Å²) in [5.74, 6) is -2.75. The number of hydrogen-bond acceptors (Lipinski definition) is 12. The quantitative estimate of drug-likeness (QED) is 0.147. The Hall–Kier alpha value is -4.01. The average Bonchev–Trinajstić information content (AvgIpc) is 3.32. The second-order valence-electron chi connectivity index (χ2n) is 7.10. The molecule has 0 aromatic carbocycles. The number of nitrogens with one attached hydrogen (secondary N) is 1. The fourth-order valence-electron chi connectivity index (χ4n) is 3.32. The summed E-state index contributed by atoms with van der Waals surface area (Å²) in [4.78, 5) is 66.7. The van der Waals surface area contributed by atoms with Crippen LogP contribution in [-0.2, 0) is 38.2 Å². The van der Waals surface area contributed by atoms with Gasteiger partial charge in [-0.05, 0) is 12.1 Å². The molecule has 3 heterocycles. The lowest BCUT2D eigenvalue weighted by atomic mass is 10.0. The van der Waals surface area contributed by atoms with Crippen LogP contribution < -0.4 is 11.1 Å². The Bertz CT molecular complexity index is 1080. The van der Waals surface area contributed by atoms with Gasteiger partial charge in [0.15, 0.2) is 5.76 Å². The number of hydrogen-bond donors (Lipinski definition) is 2. The van der Waals surface area contributed by atoms with Crippen molar-refractivity contribution in [2.24, 2.45) is 10.9 Å². The molecule has 3 atom stereocenters. The van der Waals surface area contributed by atoms with E-state index in [2.05, 4.69) is 10.5 Å². The molecular formula is C20H22N4O10S. The maximum atomic E-state index is 13.0. The number of rotatable bonds is 9. The van der Waals surface area contributed by atoms with E-state index in [-0.39, 0.29) is 35.1 Å². The Labute approximate surface area is 202 Å². The highest BCUT2D eigenvalue weighted by atomic mass is 32.2. The van der Waals surface area contributed by atoms with Crippen molar-refractivity contribution in [1.82, 2.24) is 10.2 Å². The van der Waals surface area contributed by atoms with Crippen LogP contribution in [0.15, 0.2) is 39.2 Å². The first-order valence-electron chi connectivity index (χ1n) is 10.1. The van der Waals surface area contributed by atoms with E-state index >= 15 is 0 Å². The fraction of sp³-hybridized carbons (Fsp3) is 0.400. The fourth-order valence-corrected chi connectivity index (χ4v) is 4.65. The van der Waals surface area contributed by atoms with E-state index in [0.29, 0.717) is 0 Å². The molecule has 0 bridgehead atoms. The largest absolute Gasteiger partial charge is 0.462 e. The summed E-state index contributed by atoms with van der Waals surface area (Å²) in [6.45, 7) is 2.09. The van der Waals surface area contributed by atoms with Gasteiger partial charge in [-0.2, -0.15) is 0 Å². The Balaban J connectivity index is 1.80. The second kappa shape index (κ2) is 10.9. The van der Waals surface area contributed by atoms with Gasteiger partial charge in [0.05, 0.1) is 6.26 Å². The molecule has 1 fully saturated rings. The highest BCUT2D eigenvalue weighted by molar-refractivity contribution is 8.00. The van der Waals surface area contributed by atoms with Crippen LogP contribution in [0.2, 0.25) is 0 Å². The SMILES string of the molecule is CO/N=C(\C(=O)N[C@@H]1C(=O)N2C(C(=O)OC(C)OC(C)=O)=C(COC(N)=O)CS[C@@H]12)c1ccco1. The van der Waals surface area contributed by atoms with Crippen LogP contribution >= 0.6 is 11.8 Å². The summed E-state index contributed by atoms with van der Waals surface area (Å²) in [6.07, 6.45) is -0.976. The molecule has 1 aromatic rings. The number of amides is 3. The minimum absolute atomic E-state index is 0.124. The normalized spacial score (nSPS) is 20.3. The van der Waals surface area contributed by atoms with Crippen LogP contribution in [0.25, 0.3) is 0 Å². The molecular weight excluding hydrogens is 488 g/mol. The number of carbonyl (C=O) groups is 5. The van der Waals surface area contributed by atoms with Crippen molar-refractivity contribution in [3.05, 3.63) is 35.4 Å². The maximum Gasteiger partial charge on any atom is 0.404 e. The van der Waals surface area contributed by atoms with Crippen molar-refractivity contribution >= 4 is 47.3 Å². The predicted octanol–water partition coefficient (Wildman–Crippen LogP) is -0.168. The first kappa shape index (κ1) is 25.6. The zero-order valence-corrected chi connectivity index (χ0v) is 19.7. The molecule has 2 aliphatic rings. The van der Waals surface area contributed by atoms with Gasteiger partial charge in [-0.15, -0.1) is 11.8 Å². The van der Waals surface area contributed by atoms with Crippen LogP contribution in [-0.4, -0.2) is 77.6 Å². The molecule has 3 N–H and O–H groups in total. The lowest BCUT2D eigenvalue weighted by molar-refractivity contribution is -0.182. The predicted molar refractivity (Wildman–Crippen MR) is 117 cm³/mol. The third-order valence-corrected chi connectivity index (χ3v) is 6.01. The van der Waals surface area contributed by atoms with Gasteiger partial charge in [0.1, 0.15) is 30.8 Å². The average molecular weight is 510 g/mol. The molecule has 14 nitrogen and oxygen atoms in total. The van der Waals surface area contributed by atoms with E-state index in [1.165, 1.54) is 38.1 Å². The van der Waals surface area contributed by atoms with Crippen molar-refractivity contribution in [1.29, 1.82) is 0 Å². The summed E-state index contributed by atoms with van der Waals surface area (Å²) in [5, 5.41) is 5.53. The minimum Gasteiger partial charge on any atom is -0.462 e. The smallest absolute Gasteiger partial charge is 0.404 e. The molecule has 15 heteroatoms. The van der Waals surface area contributed by atoms with Gasteiger partial charge in [-0.3, -0.25) is 19.3 Å². The Morgan fingerprint density at radius 1 is 1.34 bits per heavy atom. The van der Waals surface area contributed by atoms with E-state index in [1.807, 2.05) is 0 Å². The Kier molecular flexibility index (Phi) is 8.01. The van der Waals surface area contributed by atoms with Gasteiger partial charge in [0, 0.05) is 25.2 Å². The first-order chi connectivity index (χ1) is 16.6. The number of fused-ring (bicyclic) bond motifs is 1. The highest BCUT2D eigenvalue weighted by Gasteiger charge is 2.55. The van der Waals surface area contributed by atoms with Gasteiger partial charge in [0.25, 0.3) is 11.8 Å². The molecule has 1 saturated heterocycles. The van der Waals surface area contributed by atoms with E-state index in [9.17, 15) is 24.0 Å². The maximum absolute atomic E-state index is 13.0. The van der Waals surface area contributed by atoms with Crippen LogP contribution in [0.5, 0.6) is 0 Å². The van der Waals surface area contributed by atoms with E-state index in [1.54, 1.807) is 6.07 Å².